The second-order valence-electron chi connectivity index (χ2n) is 10.9. The van der Waals surface area contributed by atoms with Crippen molar-refractivity contribution in [3.63, 3.8) is 0 Å². The molecule has 38 heavy (non-hydrogen) atoms. The zero-order chi connectivity index (χ0) is 26.9. The van der Waals surface area contributed by atoms with E-state index in [0.29, 0.717) is 0 Å². The van der Waals surface area contributed by atoms with Gasteiger partial charge in [0.25, 0.3) is 0 Å². The molecule has 0 fully saturated rings. The van der Waals surface area contributed by atoms with Crippen molar-refractivity contribution >= 4 is 58.8 Å². The number of benzene rings is 3. The summed E-state index contributed by atoms with van der Waals surface area (Å²) in [7, 11) is 0. The summed E-state index contributed by atoms with van der Waals surface area (Å²) in [5, 5.41) is 14.0. The van der Waals surface area contributed by atoms with Gasteiger partial charge < -0.3 is 5.11 Å². The number of thiazole rings is 1. The molecule has 0 aliphatic rings. The van der Waals surface area contributed by atoms with Crippen LogP contribution >= 0.6 is 22.7 Å². The minimum atomic E-state index is -0.0316. The molecule has 2 aromatic heterocycles. The van der Waals surface area contributed by atoms with Crippen molar-refractivity contribution in [2.75, 3.05) is 0 Å². The molecule has 5 aromatic rings. The maximum Gasteiger partial charge on any atom is 0.161 e. The molecule has 0 saturated carbocycles. The van der Waals surface area contributed by atoms with Gasteiger partial charge in [-0.05, 0) is 11.5 Å². The van der Waals surface area contributed by atoms with Crippen LogP contribution in [-0.4, -0.2) is 15.9 Å². The Labute approximate surface area is 247 Å². The maximum atomic E-state index is 11.0. The first-order valence-corrected chi connectivity index (χ1v) is 14.3. The van der Waals surface area contributed by atoms with Gasteiger partial charge in [-0.2, -0.15) is 11.3 Å². The predicted molar refractivity (Wildman–Crippen MR) is 161 cm³/mol. The van der Waals surface area contributed by atoms with Crippen LogP contribution in [0.25, 0.3) is 41.0 Å². The minimum absolute atomic E-state index is 0. The van der Waals surface area contributed by atoms with Gasteiger partial charge in [0, 0.05) is 48.1 Å². The molecule has 1 radical (unpaired) electrons. The number of thiophene rings is 1. The molecule has 3 aromatic carbocycles. The van der Waals surface area contributed by atoms with E-state index >= 15 is 0 Å². The van der Waals surface area contributed by atoms with Gasteiger partial charge in [0.05, 0.1) is 15.5 Å². The summed E-state index contributed by atoms with van der Waals surface area (Å²) >= 11 is 3.56. The summed E-state index contributed by atoms with van der Waals surface area (Å²) in [6, 6.07) is 23.0. The second kappa shape index (κ2) is 12.2. The van der Waals surface area contributed by atoms with Crippen molar-refractivity contribution in [3.05, 3.63) is 78.1 Å². The minimum Gasteiger partial charge on any atom is -0.512 e. The third-order valence-electron chi connectivity index (χ3n) is 6.20. The van der Waals surface area contributed by atoms with Crippen molar-refractivity contribution < 1.29 is 30.0 Å². The Kier molecular flexibility index (Phi) is 9.70. The van der Waals surface area contributed by atoms with Gasteiger partial charge >= 0.3 is 0 Å². The Morgan fingerprint density at radius 1 is 0.947 bits per heavy atom. The average Bonchev–Trinajstić information content (AvgIpc) is 3.41. The van der Waals surface area contributed by atoms with Gasteiger partial charge in [0.2, 0.25) is 0 Å². The molecule has 0 spiro atoms. The van der Waals surface area contributed by atoms with Crippen molar-refractivity contribution in [1.82, 2.24) is 4.98 Å². The van der Waals surface area contributed by atoms with Gasteiger partial charge in [-0.3, -0.25) is 9.78 Å². The smallest absolute Gasteiger partial charge is 0.161 e. The Hall–Kier alpha value is -2.37. The molecular formula is C32H34IrNO2S2-. The third kappa shape index (κ3) is 6.60. The van der Waals surface area contributed by atoms with Gasteiger partial charge in [-0.25, -0.2) is 0 Å². The van der Waals surface area contributed by atoms with Crippen LogP contribution in [0.15, 0.2) is 66.4 Å². The predicted octanol–water partition coefficient (Wildman–Crippen LogP) is 9.74. The van der Waals surface area contributed by atoms with E-state index in [9.17, 15) is 9.90 Å². The van der Waals surface area contributed by atoms with Crippen LogP contribution in [0.1, 0.15) is 54.0 Å². The first-order valence-electron chi connectivity index (χ1n) is 12.6. The molecule has 0 unspecified atom stereocenters. The molecule has 0 atom stereocenters. The number of fused-ring (bicyclic) bond motifs is 4. The van der Waals surface area contributed by atoms with E-state index in [0.717, 1.165) is 15.4 Å². The first kappa shape index (κ1) is 30.2. The van der Waals surface area contributed by atoms with Crippen LogP contribution in [0.5, 0.6) is 0 Å². The number of rotatable bonds is 4. The monoisotopic (exact) mass is 721 g/mol. The Bertz CT molecular complexity index is 1600. The topological polar surface area (TPSA) is 50.2 Å². The number of aliphatic hydroxyl groups excluding tert-OH is 1. The van der Waals surface area contributed by atoms with E-state index in [-0.39, 0.29) is 48.9 Å². The molecule has 1 N–H and O–H groups in total. The van der Waals surface area contributed by atoms with Gasteiger partial charge in [0.1, 0.15) is 4.83 Å². The van der Waals surface area contributed by atoms with E-state index in [2.05, 4.69) is 81.4 Å². The fourth-order valence-corrected chi connectivity index (χ4v) is 6.27. The van der Waals surface area contributed by atoms with Crippen LogP contribution in [0, 0.1) is 17.9 Å². The maximum absolute atomic E-state index is 11.0. The fourth-order valence-electron chi connectivity index (χ4n) is 3.95. The summed E-state index contributed by atoms with van der Waals surface area (Å²) in [6.07, 6.45) is 1.31. The van der Waals surface area contributed by atoms with Crippen LogP contribution < -0.4 is 0 Å². The average molecular weight is 721 g/mol. The molecule has 3 nitrogen and oxygen atoms in total. The Morgan fingerprint density at radius 2 is 1.58 bits per heavy atom. The first-order chi connectivity index (χ1) is 17.5. The van der Waals surface area contributed by atoms with E-state index in [1.165, 1.54) is 37.2 Å². The molecule has 0 aliphatic carbocycles. The molecule has 0 bridgehead atoms. The Morgan fingerprint density at radius 3 is 2.21 bits per heavy atom. The summed E-state index contributed by atoms with van der Waals surface area (Å²) < 4.78 is 2.60. The van der Waals surface area contributed by atoms with Crippen molar-refractivity contribution in [2.45, 2.75) is 53.9 Å². The number of carbonyl (C=O) groups excluding carboxylic acids is 1. The summed E-state index contributed by atoms with van der Waals surface area (Å²) in [5.41, 5.74) is 2.53. The molecule has 6 heteroatoms. The van der Waals surface area contributed by atoms with Crippen molar-refractivity contribution in [3.8, 4) is 10.6 Å². The van der Waals surface area contributed by atoms with E-state index in [4.69, 9.17) is 4.98 Å². The van der Waals surface area contributed by atoms with Crippen LogP contribution in [0.3, 0.4) is 0 Å². The number of ketones is 1. The standard InChI is InChI=1S/C23H18NS2.C9H16O2.Ir/c1-23(2,3)18-13-15(12-14-8-4-5-9-16(14)18)21-24-22-20(26-21)17-10-6-7-11-19(17)25-22;1-6(2)8(10)5-9(11)7(3)4;/h4-11,13H,1-3H3;5-7,10H,1-4H3;/q-1;;/b;8-5-;. The molecule has 2 heterocycles. The van der Waals surface area contributed by atoms with Gasteiger partial charge in [0.15, 0.2) is 5.78 Å². The quantitative estimate of drug-likeness (QED) is 0.114. The van der Waals surface area contributed by atoms with Crippen LogP contribution in [0.2, 0.25) is 0 Å². The van der Waals surface area contributed by atoms with E-state index in [1.54, 1.807) is 22.7 Å². The largest absolute Gasteiger partial charge is 0.512 e. The van der Waals surface area contributed by atoms with E-state index in [1.807, 2.05) is 27.7 Å². The third-order valence-corrected chi connectivity index (χ3v) is 8.51. The van der Waals surface area contributed by atoms with Crippen LogP contribution in [-0.2, 0) is 30.3 Å². The number of aliphatic hydroxyl groups is 1. The van der Waals surface area contributed by atoms with E-state index < -0.39 is 0 Å². The number of aromatic nitrogens is 1. The normalized spacial score (nSPS) is 12.2. The number of hydrogen-bond donors (Lipinski definition) is 1. The molecule has 0 amide bonds. The van der Waals surface area contributed by atoms with Crippen LogP contribution in [0.4, 0.5) is 0 Å². The van der Waals surface area contributed by atoms with Crippen molar-refractivity contribution in [1.29, 1.82) is 0 Å². The SMILES string of the molecule is CC(C)(C)c1cc(-c2nc3sc4ccccc4c3s2)[c-]c2ccccc12.CC(C)C(=O)/C=C(\O)C(C)C.[Ir]. The zero-order valence-corrected chi connectivity index (χ0v) is 26.9. The van der Waals surface area contributed by atoms with Gasteiger partial charge in [-0.15, -0.1) is 40.5 Å². The second-order valence-corrected chi connectivity index (χ2v) is 13.0. The molecular weight excluding hydrogens is 687 g/mol. The summed E-state index contributed by atoms with van der Waals surface area (Å²) in [4.78, 5) is 17.1. The number of carbonyl (C=O) groups is 1. The molecule has 5 rings (SSSR count). The molecule has 0 saturated heterocycles. The summed E-state index contributed by atoms with van der Waals surface area (Å²) in [5.74, 6) is 0.161. The fraction of sp³-hybridized carbons (Fsp3) is 0.312. The van der Waals surface area contributed by atoms with Crippen molar-refractivity contribution in [2.24, 2.45) is 11.8 Å². The Balaban J connectivity index is 0.000000287. The number of nitrogens with zero attached hydrogens (tertiary/aromatic N) is 1. The molecule has 201 valence electrons. The number of allylic oxidation sites excluding steroid dienone is 2. The summed E-state index contributed by atoms with van der Waals surface area (Å²) in [6.45, 7) is 14.1. The molecule has 0 aliphatic heterocycles. The zero-order valence-electron chi connectivity index (χ0n) is 22.9. The van der Waals surface area contributed by atoms with Gasteiger partial charge in [-0.1, -0.05) is 95.8 Å². The number of hydrogen-bond acceptors (Lipinski definition) is 5.